The molecule has 4 rings (SSSR count). The Bertz CT molecular complexity index is 1110. The van der Waals surface area contributed by atoms with Gasteiger partial charge < -0.3 is 29.3 Å². The van der Waals surface area contributed by atoms with E-state index in [2.05, 4.69) is 23.2 Å². The Kier molecular flexibility index (Phi) is 6.55. The number of amides is 2. The number of carbonyl (C=O) groups excluding carboxylic acids is 1. The molecule has 1 aliphatic heterocycles. The van der Waals surface area contributed by atoms with E-state index in [0.717, 1.165) is 39.8 Å². The second kappa shape index (κ2) is 9.52. The van der Waals surface area contributed by atoms with Crippen LogP contribution in [-0.2, 0) is 6.54 Å². The summed E-state index contributed by atoms with van der Waals surface area (Å²) >= 11 is 1.68. The zero-order valence-corrected chi connectivity index (χ0v) is 19.6. The third-order valence-corrected chi connectivity index (χ3v) is 6.89. The van der Waals surface area contributed by atoms with Crippen LogP contribution in [0, 0.1) is 6.92 Å². The SMILES string of the molecule is COc1ccc(CNC(=O)N2CCN(c3nc4c(OC)ccc(C)c4s3)CC2)cc1OC. The largest absolute Gasteiger partial charge is 0.494 e. The molecule has 0 radical (unpaired) electrons. The smallest absolute Gasteiger partial charge is 0.317 e. The number of hydrogen-bond acceptors (Lipinski definition) is 7. The maximum absolute atomic E-state index is 12.7. The minimum absolute atomic E-state index is 0.0683. The van der Waals surface area contributed by atoms with Crippen LogP contribution in [0.4, 0.5) is 9.93 Å². The number of urea groups is 1. The number of aromatic nitrogens is 1. The zero-order chi connectivity index (χ0) is 22.7. The summed E-state index contributed by atoms with van der Waals surface area (Å²) in [6, 6.07) is 9.59. The molecule has 9 heteroatoms. The fourth-order valence-corrected chi connectivity index (χ4v) is 4.88. The number of fused-ring (bicyclic) bond motifs is 1. The van der Waals surface area contributed by atoms with Crippen LogP contribution in [0.1, 0.15) is 11.1 Å². The molecule has 0 unspecified atom stereocenters. The van der Waals surface area contributed by atoms with Crippen molar-refractivity contribution in [2.75, 3.05) is 52.4 Å². The summed E-state index contributed by atoms with van der Waals surface area (Å²) in [5.41, 5.74) is 3.05. The number of rotatable bonds is 6. The number of hydrogen-bond donors (Lipinski definition) is 1. The number of nitrogens with one attached hydrogen (secondary N) is 1. The van der Waals surface area contributed by atoms with Crippen LogP contribution in [-0.4, -0.2) is 63.4 Å². The standard InChI is InChI=1S/C23H28N4O4S/c1-15-5-7-18(30-3)20-21(15)32-23(25-20)27-11-9-26(10-12-27)22(28)24-14-16-6-8-17(29-2)19(13-16)31-4/h5-8,13H,9-12,14H2,1-4H3,(H,24,28). The van der Waals surface area contributed by atoms with Crippen molar-refractivity contribution in [3.8, 4) is 17.2 Å². The summed E-state index contributed by atoms with van der Waals surface area (Å²) in [7, 11) is 4.87. The van der Waals surface area contributed by atoms with E-state index in [4.69, 9.17) is 19.2 Å². The van der Waals surface area contributed by atoms with Crippen molar-refractivity contribution in [3.05, 3.63) is 41.5 Å². The normalized spacial score (nSPS) is 13.9. The van der Waals surface area contributed by atoms with Crippen molar-refractivity contribution in [1.82, 2.24) is 15.2 Å². The Morgan fingerprint density at radius 2 is 1.69 bits per heavy atom. The minimum atomic E-state index is -0.0683. The lowest BCUT2D eigenvalue weighted by molar-refractivity contribution is 0.194. The second-order valence-electron chi connectivity index (χ2n) is 7.58. The first-order valence-electron chi connectivity index (χ1n) is 10.5. The average Bonchev–Trinajstić information content (AvgIpc) is 3.29. The number of methoxy groups -OCH3 is 3. The highest BCUT2D eigenvalue weighted by molar-refractivity contribution is 7.22. The summed E-state index contributed by atoms with van der Waals surface area (Å²) in [6.07, 6.45) is 0. The van der Waals surface area contributed by atoms with Gasteiger partial charge in [-0.3, -0.25) is 0 Å². The molecule has 2 heterocycles. The summed E-state index contributed by atoms with van der Waals surface area (Å²) in [5.74, 6) is 2.11. The highest BCUT2D eigenvalue weighted by Crippen LogP contribution is 2.36. The van der Waals surface area contributed by atoms with Crippen LogP contribution in [0.25, 0.3) is 10.2 Å². The van der Waals surface area contributed by atoms with E-state index in [1.807, 2.05) is 29.2 Å². The quantitative estimate of drug-likeness (QED) is 0.610. The molecule has 1 N–H and O–H groups in total. The number of piperazine rings is 1. The van der Waals surface area contributed by atoms with Gasteiger partial charge >= 0.3 is 6.03 Å². The number of thiazole rings is 1. The van der Waals surface area contributed by atoms with Crippen LogP contribution in [0.15, 0.2) is 30.3 Å². The Hall–Kier alpha value is -3.20. The van der Waals surface area contributed by atoms with Gasteiger partial charge in [-0.25, -0.2) is 9.78 Å². The Labute approximate surface area is 191 Å². The van der Waals surface area contributed by atoms with Gasteiger partial charge in [0.1, 0.15) is 11.3 Å². The van der Waals surface area contributed by atoms with Gasteiger partial charge in [-0.15, -0.1) is 0 Å². The van der Waals surface area contributed by atoms with E-state index in [-0.39, 0.29) is 6.03 Å². The molecule has 2 aromatic carbocycles. The monoisotopic (exact) mass is 456 g/mol. The maximum Gasteiger partial charge on any atom is 0.317 e. The molecule has 0 saturated carbocycles. The molecule has 0 bridgehead atoms. The van der Waals surface area contributed by atoms with E-state index in [9.17, 15) is 4.79 Å². The first-order chi connectivity index (χ1) is 15.5. The first kappa shape index (κ1) is 22.0. The second-order valence-corrected chi connectivity index (χ2v) is 8.56. The van der Waals surface area contributed by atoms with Gasteiger partial charge in [0.25, 0.3) is 0 Å². The summed E-state index contributed by atoms with van der Waals surface area (Å²) in [6.45, 7) is 5.28. The topological polar surface area (TPSA) is 76.2 Å². The van der Waals surface area contributed by atoms with Gasteiger partial charge in [0, 0.05) is 32.7 Å². The number of nitrogens with zero attached hydrogens (tertiary/aromatic N) is 3. The van der Waals surface area contributed by atoms with Crippen molar-refractivity contribution < 1.29 is 19.0 Å². The first-order valence-corrected chi connectivity index (χ1v) is 11.3. The number of anilines is 1. The van der Waals surface area contributed by atoms with Gasteiger partial charge in [-0.1, -0.05) is 23.5 Å². The molecule has 0 atom stereocenters. The molecule has 32 heavy (non-hydrogen) atoms. The summed E-state index contributed by atoms with van der Waals surface area (Å²) < 4.78 is 17.2. The number of ether oxygens (including phenoxy) is 3. The van der Waals surface area contributed by atoms with E-state index in [0.29, 0.717) is 31.1 Å². The molecule has 1 aliphatic rings. The molecular formula is C23H28N4O4S. The Morgan fingerprint density at radius 1 is 1.00 bits per heavy atom. The fourth-order valence-electron chi connectivity index (χ4n) is 3.78. The number of benzene rings is 2. The molecular weight excluding hydrogens is 428 g/mol. The predicted molar refractivity (Wildman–Crippen MR) is 126 cm³/mol. The van der Waals surface area contributed by atoms with Gasteiger partial charge in [0.15, 0.2) is 16.6 Å². The molecule has 170 valence electrons. The highest BCUT2D eigenvalue weighted by Gasteiger charge is 2.24. The minimum Gasteiger partial charge on any atom is -0.494 e. The van der Waals surface area contributed by atoms with Crippen molar-refractivity contribution in [1.29, 1.82) is 0 Å². The molecule has 3 aromatic rings. The van der Waals surface area contributed by atoms with Gasteiger partial charge in [-0.05, 0) is 36.2 Å². The summed E-state index contributed by atoms with van der Waals surface area (Å²) in [4.78, 5) is 21.6. The lowest BCUT2D eigenvalue weighted by Crippen LogP contribution is -2.51. The lowest BCUT2D eigenvalue weighted by Gasteiger charge is -2.34. The Morgan fingerprint density at radius 3 is 2.38 bits per heavy atom. The molecule has 0 spiro atoms. The highest BCUT2D eigenvalue weighted by atomic mass is 32.1. The molecule has 1 fully saturated rings. The summed E-state index contributed by atoms with van der Waals surface area (Å²) in [5, 5.41) is 3.97. The van der Waals surface area contributed by atoms with E-state index < -0.39 is 0 Å². The maximum atomic E-state index is 12.7. The van der Waals surface area contributed by atoms with Crippen LogP contribution < -0.4 is 24.4 Å². The van der Waals surface area contributed by atoms with E-state index >= 15 is 0 Å². The van der Waals surface area contributed by atoms with Gasteiger partial charge in [-0.2, -0.15) is 0 Å². The van der Waals surface area contributed by atoms with E-state index in [1.165, 1.54) is 5.56 Å². The molecule has 1 aromatic heterocycles. The van der Waals surface area contributed by atoms with Crippen molar-refractivity contribution in [2.45, 2.75) is 13.5 Å². The van der Waals surface area contributed by atoms with E-state index in [1.54, 1.807) is 32.7 Å². The Balaban J connectivity index is 1.35. The van der Waals surface area contributed by atoms with Gasteiger partial charge in [0.2, 0.25) is 0 Å². The molecule has 1 saturated heterocycles. The zero-order valence-electron chi connectivity index (χ0n) is 18.8. The fraction of sp³-hybridized carbons (Fsp3) is 0.391. The van der Waals surface area contributed by atoms with Crippen molar-refractivity contribution in [2.24, 2.45) is 0 Å². The van der Waals surface area contributed by atoms with Crippen LogP contribution in [0.5, 0.6) is 17.2 Å². The average molecular weight is 457 g/mol. The molecule has 8 nitrogen and oxygen atoms in total. The van der Waals surface area contributed by atoms with Crippen molar-refractivity contribution >= 4 is 32.7 Å². The number of carbonyl (C=O) groups is 1. The molecule has 0 aliphatic carbocycles. The van der Waals surface area contributed by atoms with Gasteiger partial charge in [0.05, 0.1) is 26.0 Å². The van der Waals surface area contributed by atoms with Crippen LogP contribution in [0.2, 0.25) is 0 Å². The predicted octanol–water partition coefficient (Wildman–Crippen LogP) is 3.66. The molecule has 2 amide bonds. The third kappa shape index (κ3) is 4.38. The lowest BCUT2D eigenvalue weighted by atomic mass is 10.2. The van der Waals surface area contributed by atoms with Crippen LogP contribution in [0.3, 0.4) is 0 Å². The third-order valence-electron chi connectivity index (χ3n) is 5.64. The number of aryl methyl sites for hydroxylation is 1. The van der Waals surface area contributed by atoms with Crippen LogP contribution >= 0.6 is 11.3 Å². The van der Waals surface area contributed by atoms with Crippen molar-refractivity contribution in [3.63, 3.8) is 0 Å².